The number of aryl methyl sites for hydroxylation is 2. The molecule has 0 fully saturated rings. The Balaban J connectivity index is 2.84. The molecular formula is C13H24BrN3. The fraction of sp³-hybridized carbons (Fsp3) is 0.769. The van der Waals surface area contributed by atoms with E-state index in [0.717, 1.165) is 18.7 Å². The van der Waals surface area contributed by atoms with Gasteiger partial charge in [-0.2, -0.15) is 5.10 Å². The SMILES string of the molecule is CCc1nn(C)c(CN(C)C(CC)CC)c1Br. The molecule has 17 heavy (non-hydrogen) atoms. The molecule has 1 rings (SSSR count). The smallest absolute Gasteiger partial charge is 0.0767 e. The van der Waals surface area contributed by atoms with Crippen LogP contribution in [0.4, 0.5) is 0 Å². The minimum absolute atomic E-state index is 0.655. The van der Waals surface area contributed by atoms with Gasteiger partial charge < -0.3 is 0 Å². The lowest BCUT2D eigenvalue weighted by Gasteiger charge is -2.26. The van der Waals surface area contributed by atoms with Crippen LogP contribution < -0.4 is 0 Å². The van der Waals surface area contributed by atoms with Crippen molar-refractivity contribution in [2.24, 2.45) is 7.05 Å². The van der Waals surface area contributed by atoms with E-state index in [4.69, 9.17) is 0 Å². The zero-order chi connectivity index (χ0) is 13.0. The summed E-state index contributed by atoms with van der Waals surface area (Å²) in [6.07, 6.45) is 3.37. The van der Waals surface area contributed by atoms with Crippen LogP contribution in [0.25, 0.3) is 0 Å². The van der Waals surface area contributed by atoms with Crippen molar-refractivity contribution in [1.29, 1.82) is 0 Å². The zero-order valence-electron chi connectivity index (χ0n) is 11.6. The summed E-state index contributed by atoms with van der Waals surface area (Å²) >= 11 is 3.67. The maximum atomic E-state index is 4.54. The van der Waals surface area contributed by atoms with Gasteiger partial charge in [-0.3, -0.25) is 9.58 Å². The number of hydrogen-bond donors (Lipinski definition) is 0. The summed E-state index contributed by atoms with van der Waals surface area (Å²) in [5.41, 5.74) is 2.43. The van der Waals surface area contributed by atoms with Gasteiger partial charge in [0, 0.05) is 19.6 Å². The Morgan fingerprint density at radius 2 is 1.88 bits per heavy atom. The minimum atomic E-state index is 0.655. The Bertz CT molecular complexity index is 356. The van der Waals surface area contributed by atoms with E-state index in [1.54, 1.807) is 0 Å². The maximum Gasteiger partial charge on any atom is 0.0767 e. The number of aromatic nitrogens is 2. The van der Waals surface area contributed by atoms with Gasteiger partial charge in [-0.1, -0.05) is 20.8 Å². The Morgan fingerprint density at radius 1 is 1.29 bits per heavy atom. The third-order valence-electron chi connectivity index (χ3n) is 3.47. The van der Waals surface area contributed by atoms with Gasteiger partial charge >= 0.3 is 0 Å². The van der Waals surface area contributed by atoms with Gasteiger partial charge in [0.25, 0.3) is 0 Å². The minimum Gasteiger partial charge on any atom is -0.298 e. The molecule has 0 aromatic carbocycles. The standard InChI is InChI=1S/C13H24BrN3/c1-6-10(7-2)16(4)9-12-13(14)11(8-3)15-17(12)5/h10H,6-9H2,1-5H3. The van der Waals surface area contributed by atoms with Crippen molar-refractivity contribution in [3.8, 4) is 0 Å². The van der Waals surface area contributed by atoms with Crippen molar-refractivity contribution in [2.45, 2.75) is 52.6 Å². The van der Waals surface area contributed by atoms with E-state index in [1.807, 2.05) is 11.7 Å². The molecule has 0 amide bonds. The van der Waals surface area contributed by atoms with Crippen molar-refractivity contribution in [3.05, 3.63) is 15.9 Å². The molecule has 0 radical (unpaired) electrons. The van der Waals surface area contributed by atoms with Gasteiger partial charge in [0.05, 0.1) is 15.9 Å². The fourth-order valence-electron chi connectivity index (χ4n) is 2.27. The fourth-order valence-corrected chi connectivity index (χ4v) is 3.01. The van der Waals surface area contributed by atoms with Crippen LogP contribution >= 0.6 is 15.9 Å². The first-order valence-corrected chi connectivity index (χ1v) is 7.24. The van der Waals surface area contributed by atoms with Crippen molar-refractivity contribution in [3.63, 3.8) is 0 Å². The van der Waals surface area contributed by atoms with Crippen LogP contribution in [0.1, 0.15) is 45.0 Å². The molecule has 0 aliphatic heterocycles. The molecule has 0 saturated heterocycles. The molecule has 1 aromatic heterocycles. The van der Waals surface area contributed by atoms with Gasteiger partial charge in [0.2, 0.25) is 0 Å². The Kier molecular flexibility index (Phi) is 5.67. The molecule has 0 spiro atoms. The monoisotopic (exact) mass is 301 g/mol. The van der Waals surface area contributed by atoms with E-state index in [9.17, 15) is 0 Å². The summed E-state index contributed by atoms with van der Waals surface area (Å²) in [6, 6.07) is 0.655. The molecule has 1 aromatic rings. The molecule has 0 aliphatic carbocycles. The van der Waals surface area contributed by atoms with E-state index in [-0.39, 0.29) is 0 Å². The van der Waals surface area contributed by atoms with Crippen molar-refractivity contribution in [1.82, 2.24) is 14.7 Å². The maximum absolute atomic E-state index is 4.54. The summed E-state index contributed by atoms with van der Waals surface area (Å²) in [6.45, 7) is 7.60. The summed E-state index contributed by atoms with van der Waals surface area (Å²) in [5.74, 6) is 0. The average molecular weight is 302 g/mol. The van der Waals surface area contributed by atoms with E-state index >= 15 is 0 Å². The zero-order valence-corrected chi connectivity index (χ0v) is 13.2. The van der Waals surface area contributed by atoms with Crippen LogP contribution in [0, 0.1) is 0 Å². The predicted octanol–water partition coefficient (Wildman–Crippen LogP) is 3.37. The number of halogens is 1. The molecule has 0 saturated carbocycles. The highest BCUT2D eigenvalue weighted by Gasteiger charge is 2.17. The first-order chi connectivity index (χ1) is 8.04. The van der Waals surface area contributed by atoms with Gasteiger partial charge in [0.15, 0.2) is 0 Å². The molecule has 1 heterocycles. The van der Waals surface area contributed by atoms with Crippen LogP contribution in [0.5, 0.6) is 0 Å². The largest absolute Gasteiger partial charge is 0.298 e. The van der Waals surface area contributed by atoms with Crippen molar-refractivity contribution >= 4 is 15.9 Å². The molecular weight excluding hydrogens is 278 g/mol. The Morgan fingerprint density at radius 3 is 2.29 bits per heavy atom. The number of hydrogen-bond acceptors (Lipinski definition) is 2. The summed E-state index contributed by atoms with van der Waals surface area (Å²) in [4.78, 5) is 2.42. The second-order valence-corrected chi connectivity index (χ2v) is 5.36. The van der Waals surface area contributed by atoms with Crippen LogP contribution in [-0.4, -0.2) is 27.8 Å². The third-order valence-corrected chi connectivity index (χ3v) is 4.38. The quantitative estimate of drug-likeness (QED) is 0.803. The third kappa shape index (κ3) is 3.32. The van der Waals surface area contributed by atoms with Crippen LogP contribution in [0.2, 0.25) is 0 Å². The molecule has 0 bridgehead atoms. The van der Waals surface area contributed by atoms with Gasteiger partial charge in [-0.05, 0) is 42.2 Å². The van der Waals surface area contributed by atoms with Crippen LogP contribution in [-0.2, 0) is 20.0 Å². The molecule has 3 nitrogen and oxygen atoms in total. The lowest BCUT2D eigenvalue weighted by molar-refractivity contribution is 0.216. The second-order valence-electron chi connectivity index (χ2n) is 4.57. The molecule has 0 N–H and O–H groups in total. The van der Waals surface area contributed by atoms with Crippen molar-refractivity contribution < 1.29 is 0 Å². The highest BCUT2D eigenvalue weighted by atomic mass is 79.9. The lowest BCUT2D eigenvalue weighted by Crippen LogP contribution is -2.30. The molecule has 0 aliphatic rings. The highest BCUT2D eigenvalue weighted by molar-refractivity contribution is 9.10. The Hall–Kier alpha value is -0.350. The van der Waals surface area contributed by atoms with E-state index in [0.29, 0.717) is 6.04 Å². The number of nitrogens with zero attached hydrogens (tertiary/aromatic N) is 3. The van der Waals surface area contributed by atoms with Crippen LogP contribution in [0.3, 0.4) is 0 Å². The van der Waals surface area contributed by atoms with E-state index in [2.05, 4.69) is 53.7 Å². The topological polar surface area (TPSA) is 21.1 Å². The summed E-state index contributed by atoms with van der Waals surface area (Å²) < 4.78 is 3.18. The van der Waals surface area contributed by atoms with Gasteiger partial charge in [-0.15, -0.1) is 0 Å². The first-order valence-electron chi connectivity index (χ1n) is 6.45. The first kappa shape index (κ1) is 14.7. The molecule has 98 valence electrons. The Labute approximate surface area is 113 Å². The molecule has 0 unspecified atom stereocenters. The van der Waals surface area contributed by atoms with E-state index in [1.165, 1.54) is 23.0 Å². The summed E-state index contributed by atoms with van der Waals surface area (Å²) in [7, 11) is 4.22. The summed E-state index contributed by atoms with van der Waals surface area (Å²) in [5, 5.41) is 4.54. The molecule has 4 heteroatoms. The van der Waals surface area contributed by atoms with Gasteiger partial charge in [0.1, 0.15) is 0 Å². The van der Waals surface area contributed by atoms with Gasteiger partial charge in [-0.25, -0.2) is 0 Å². The lowest BCUT2D eigenvalue weighted by atomic mass is 10.1. The normalized spacial score (nSPS) is 11.8. The highest BCUT2D eigenvalue weighted by Crippen LogP contribution is 2.23. The molecule has 0 atom stereocenters. The van der Waals surface area contributed by atoms with E-state index < -0.39 is 0 Å². The number of rotatable bonds is 6. The van der Waals surface area contributed by atoms with Crippen LogP contribution in [0.15, 0.2) is 4.47 Å². The average Bonchev–Trinajstić information content (AvgIpc) is 2.58. The second kappa shape index (κ2) is 6.55. The van der Waals surface area contributed by atoms with Crippen molar-refractivity contribution in [2.75, 3.05) is 7.05 Å². The predicted molar refractivity (Wildman–Crippen MR) is 76.1 cm³/mol.